The zero-order valence-corrected chi connectivity index (χ0v) is 20.5. The van der Waals surface area contributed by atoms with E-state index in [0.717, 1.165) is 17.7 Å². The maximum absolute atomic E-state index is 13.0. The van der Waals surface area contributed by atoms with E-state index in [-0.39, 0.29) is 5.69 Å². The van der Waals surface area contributed by atoms with Gasteiger partial charge in [-0.3, -0.25) is 9.99 Å². The van der Waals surface area contributed by atoms with Crippen LogP contribution in [-0.2, 0) is 6.18 Å². The van der Waals surface area contributed by atoms with Crippen LogP contribution in [0.15, 0.2) is 66.0 Å². The highest BCUT2D eigenvalue weighted by atomic mass is 35.5. The first-order chi connectivity index (χ1) is 17.0. The standard InChI is InChI=1S/C24H20Cl2F3N5O2/c1-14(13-34(3)30-2)21-11-22(20(26)12-31-21)36-17-7-4-15(5-8-17)32-23(35)33-16-6-9-19(25)18(10-16)24(27,28)29/h4-13H,2H2,1,3H3,(H2,32,33,35)/b14-13+. The van der Waals surface area contributed by atoms with Crippen molar-refractivity contribution in [2.75, 3.05) is 17.7 Å². The third kappa shape index (κ3) is 7.12. The molecular formula is C24H20Cl2F3N5O2. The quantitative estimate of drug-likeness (QED) is 0.238. The highest BCUT2D eigenvalue weighted by Crippen LogP contribution is 2.36. The van der Waals surface area contributed by atoms with Crippen molar-refractivity contribution in [2.24, 2.45) is 5.10 Å². The number of allylic oxidation sites excluding steroid dienone is 1. The van der Waals surface area contributed by atoms with Crippen molar-refractivity contribution in [3.8, 4) is 11.5 Å². The summed E-state index contributed by atoms with van der Waals surface area (Å²) in [5, 5.41) is 10.0. The molecule has 0 aliphatic carbocycles. The Kier molecular flexibility index (Phi) is 8.44. The van der Waals surface area contributed by atoms with Crippen molar-refractivity contribution in [1.29, 1.82) is 0 Å². The third-order valence-corrected chi connectivity index (χ3v) is 5.31. The number of urea groups is 1. The fraction of sp³-hybridized carbons (Fsp3) is 0.125. The molecule has 0 aliphatic rings. The van der Waals surface area contributed by atoms with Gasteiger partial charge in [-0.15, -0.1) is 0 Å². The summed E-state index contributed by atoms with van der Waals surface area (Å²) in [4.78, 5) is 16.5. The summed E-state index contributed by atoms with van der Waals surface area (Å²) in [5.41, 5.74) is 0.698. The van der Waals surface area contributed by atoms with Gasteiger partial charge in [-0.2, -0.15) is 18.3 Å². The van der Waals surface area contributed by atoms with Gasteiger partial charge in [-0.1, -0.05) is 23.2 Å². The zero-order chi connectivity index (χ0) is 26.5. The van der Waals surface area contributed by atoms with E-state index in [1.165, 1.54) is 17.3 Å². The van der Waals surface area contributed by atoms with Crippen LogP contribution in [0.1, 0.15) is 18.2 Å². The molecule has 0 aliphatic heterocycles. The predicted octanol–water partition coefficient (Wildman–Crippen LogP) is 7.75. The first-order valence-electron chi connectivity index (χ1n) is 10.2. The van der Waals surface area contributed by atoms with Gasteiger partial charge in [0.1, 0.15) is 16.5 Å². The molecule has 0 saturated heterocycles. The minimum atomic E-state index is -4.65. The molecule has 0 fully saturated rings. The summed E-state index contributed by atoms with van der Waals surface area (Å²) in [6.45, 7) is 5.29. The minimum Gasteiger partial charge on any atom is -0.456 e. The number of pyridine rings is 1. The summed E-state index contributed by atoms with van der Waals surface area (Å²) < 4.78 is 44.9. The Morgan fingerprint density at radius 2 is 1.72 bits per heavy atom. The molecule has 3 aromatic rings. The number of ether oxygens (including phenoxy) is 1. The Balaban J connectivity index is 1.67. The molecule has 2 N–H and O–H groups in total. The van der Waals surface area contributed by atoms with Crippen LogP contribution in [0, 0.1) is 0 Å². The number of anilines is 2. The van der Waals surface area contributed by atoms with Crippen LogP contribution in [0.4, 0.5) is 29.3 Å². The summed E-state index contributed by atoms with van der Waals surface area (Å²) in [6.07, 6.45) is -1.44. The second-order valence-electron chi connectivity index (χ2n) is 7.43. The number of carbonyl (C=O) groups is 1. The lowest BCUT2D eigenvalue weighted by Crippen LogP contribution is -2.19. The van der Waals surface area contributed by atoms with Gasteiger partial charge in [0, 0.05) is 43.6 Å². The lowest BCUT2D eigenvalue weighted by Gasteiger charge is -2.13. The number of rotatable bonds is 7. The molecule has 0 saturated carbocycles. The monoisotopic (exact) mass is 537 g/mol. The highest BCUT2D eigenvalue weighted by molar-refractivity contribution is 6.32. The Morgan fingerprint density at radius 1 is 1.08 bits per heavy atom. The van der Waals surface area contributed by atoms with Crippen LogP contribution in [0.5, 0.6) is 11.5 Å². The Hall–Kier alpha value is -3.76. The molecular weight excluding hydrogens is 518 g/mol. The number of hydrazone groups is 1. The molecule has 2 aromatic carbocycles. The minimum absolute atomic E-state index is 0.0632. The summed E-state index contributed by atoms with van der Waals surface area (Å²) in [5.74, 6) is 0.796. The van der Waals surface area contributed by atoms with Gasteiger partial charge in [-0.25, -0.2) is 4.79 Å². The van der Waals surface area contributed by atoms with Crippen LogP contribution in [-0.4, -0.2) is 29.8 Å². The number of carbonyl (C=O) groups excluding carboxylic acids is 1. The molecule has 3 rings (SSSR count). The fourth-order valence-electron chi connectivity index (χ4n) is 2.95. The van der Waals surface area contributed by atoms with E-state index in [1.54, 1.807) is 43.6 Å². The molecule has 7 nitrogen and oxygen atoms in total. The molecule has 188 valence electrons. The molecule has 36 heavy (non-hydrogen) atoms. The van der Waals surface area contributed by atoms with Gasteiger partial charge in [-0.05, 0) is 55.0 Å². The van der Waals surface area contributed by atoms with Crippen molar-refractivity contribution >= 4 is 52.9 Å². The summed E-state index contributed by atoms with van der Waals surface area (Å²) in [6, 6.07) is 10.3. The van der Waals surface area contributed by atoms with Gasteiger partial charge in [0.2, 0.25) is 0 Å². The topological polar surface area (TPSA) is 78.8 Å². The van der Waals surface area contributed by atoms with E-state index in [2.05, 4.69) is 27.4 Å². The fourth-order valence-corrected chi connectivity index (χ4v) is 3.31. The van der Waals surface area contributed by atoms with E-state index in [9.17, 15) is 18.0 Å². The largest absolute Gasteiger partial charge is 0.456 e. The average Bonchev–Trinajstić information content (AvgIpc) is 2.82. The third-order valence-electron chi connectivity index (χ3n) is 4.70. The van der Waals surface area contributed by atoms with Crippen molar-refractivity contribution in [1.82, 2.24) is 9.99 Å². The number of amides is 2. The number of hydrogen-bond acceptors (Lipinski definition) is 5. The van der Waals surface area contributed by atoms with Crippen molar-refractivity contribution < 1.29 is 22.7 Å². The molecule has 2 amide bonds. The summed E-state index contributed by atoms with van der Waals surface area (Å²) >= 11 is 11.8. The van der Waals surface area contributed by atoms with Gasteiger partial charge in [0.25, 0.3) is 0 Å². The SMILES string of the molecule is C=NN(C)/C=C(\C)c1cc(Oc2ccc(NC(=O)Nc3ccc(Cl)c(C(F)(F)F)c3)cc2)c(Cl)cn1. The lowest BCUT2D eigenvalue weighted by atomic mass is 10.2. The zero-order valence-electron chi connectivity index (χ0n) is 19.0. The van der Waals surface area contributed by atoms with Gasteiger partial charge in [0.05, 0.1) is 16.3 Å². The second kappa shape index (κ2) is 11.3. The normalized spacial score (nSPS) is 11.6. The van der Waals surface area contributed by atoms with E-state index in [4.69, 9.17) is 27.9 Å². The number of aromatic nitrogens is 1. The number of nitrogens with one attached hydrogen (secondary N) is 2. The molecule has 0 spiro atoms. The number of alkyl halides is 3. The Morgan fingerprint density at radius 3 is 2.36 bits per heavy atom. The molecule has 0 radical (unpaired) electrons. The van der Waals surface area contributed by atoms with Crippen LogP contribution in [0.2, 0.25) is 10.0 Å². The number of nitrogens with zero attached hydrogens (tertiary/aromatic N) is 3. The molecule has 1 heterocycles. The maximum Gasteiger partial charge on any atom is 0.417 e. The highest BCUT2D eigenvalue weighted by Gasteiger charge is 2.33. The molecule has 0 bridgehead atoms. The van der Waals surface area contributed by atoms with Gasteiger partial charge < -0.3 is 15.4 Å². The molecule has 0 atom stereocenters. The second-order valence-corrected chi connectivity index (χ2v) is 8.24. The van der Waals surface area contributed by atoms with Crippen molar-refractivity contribution in [3.05, 3.63) is 82.2 Å². The van der Waals surface area contributed by atoms with Crippen molar-refractivity contribution in [2.45, 2.75) is 13.1 Å². The van der Waals surface area contributed by atoms with Crippen LogP contribution < -0.4 is 15.4 Å². The van der Waals surface area contributed by atoms with Gasteiger partial charge >= 0.3 is 12.2 Å². The number of halogens is 5. The van der Waals surface area contributed by atoms with Crippen LogP contribution >= 0.6 is 23.2 Å². The van der Waals surface area contributed by atoms with E-state index in [0.29, 0.717) is 27.9 Å². The molecule has 0 unspecified atom stereocenters. The summed E-state index contributed by atoms with van der Waals surface area (Å²) in [7, 11) is 1.73. The molecule has 1 aromatic heterocycles. The van der Waals surface area contributed by atoms with Crippen molar-refractivity contribution in [3.63, 3.8) is 0 Å². The number of hydrogen-bond donors (Lipinski definition) is 2. The van der Waals surface area contributed by atoms with E-state index in [1.807, 2.05) is 6.92 Å². The van der Waals surface area contributed by atoms with Gasteiger partial charge in [0.15, 0.2) is 0 Å². The number of benzene rings is 2. The smallest absolute Gasteiger partial charge is 0.417 e. The molecule has 12 heteroatoms. The lowest BCUT2D eigenvalue weighted by molar-refractivity contribution is -0.137. The average molecular weight is 538 g/mol. The predicted molar refractivity (Wildman–Crippen MR) is 136 cm³/mol. The first-order valence-corrected chi connectivity index (χ1v) is 11.0. The van der Waals surface area contributed by atoms with Crippen LogP contribution in [0.3, 0.4) is 0 Å². The Bertz CT molecular complexity index is 1300. The van der Waals surface area contributed by atoms with E-state index >= 15 is 0 Å². The first kappa shape index (κ1) is 26.8. The van der Waals surface area contributed by atoms with Crippen LogP contribution in [0.25, 0.3) is 5.57 Å². The maximum atomic E-state index is 13.0. The Labute approximate surface area is 215 Å². The van der Waals surface area contributed by atoms with E-state index < -0.39 is 22.8 Å².